The van der Waals surface area contributed by atoms with E-state index in [-0.39, 0.29) is 6.42 Å². The summed E-state index contributed by atoms with van der Waals surface area (Å²) >= 11 is 1.42. The number of hydrogen-bond acceptors (Lipinski definition) is 5. The van der Waals surface area contributed by atoms with E-state index in [1.54, 1.807) is 0 Å². The Morgan fingerprint density at radius 3 is 3.12 bits per heavy atom. The Bertz CT molecular complexity index is 380. The van der Waals surface area contributed by atoms with Crippen LogP contribution in [-0.2, 0) is 4.79 Å². The van der Waals surface area contributed by atoms with Crippen LogP contribution in [0.4, 0.5) is 5.13 Å². The third-order valence-corrected chi connectivity index (χ3v) is 3.71. The number of aryl methyl sites for hydroxylation is 1. The lowest BCUT2D eigenvalue weighted by Gasteiger charge is -2.13. The second kappa shape index (κ2) is 4.78. The molecule has 2 rings (SSSR count). The van der Waals surface area contributed by atoms with Gasteiger partial charge in [0.05, 0.1) is 0 Å². The maximum atomic E-state index is 10.5. The monoisotopic (exact) mass is 241 g/mol. The van der Waals surface area contributed by atoms with Crippen molar-refractivity contribution in [2.45, 2.75) is 26.2 Å². The fraction of sp³-hybridized carbons (Fsp3) is 0.700. The summed E-state index contributed by atoms with van der Waals surface area (Å²) in [4.78, 5) is 17.0. The van der Waals surface area contributed by atoms with Gasteiger partial charge in [-0.2, -0.15) is 4.37 Å². The number of anilines is 1. The van der Waals surface area contributed by atoms with Crippen LogP contribution in [0, 0.1) is 12.8 Å². The minimum atomic E-state index is -0.704. The summed E-state index contributed by atoms with van der Waals surface area (Å²) in [6, 6.07) is 0. The van der Waals surface area contributed by atoms with E-state index >= 15 is 0 Å². The molecule has 1 saturated heterocycles. The molecule has 16 heavy (non-hydrogen) atoms. The average Bonchev–Trinajstić information content (AvgIpc) is 2.83. The molecule has 1 aliphatic heterocycles. The van der Waals surface area contributed by atoms with Crippen LogP contribution >= 0.6 is 11.5 Å². The van der Waals surface area contributed by atoms with Crippen LogP contribution in [0.5, 0.6) is 0 Å². The second-order valence-corrected chi connectivity index (χ2v) is 4.89. The molecule has 6 heteroatoms. The van der Waals surface area contributed by atoms with E-state index in [1.807, 2.05) is 6.92 Å². The van der Waals surface area contributed by atoms with Crippen molar-refractivity contribution in [3.63, 3.8) is 0 Å². The van der Waals surface area contributed by atoms with Gasteiger partial charge in [0.25, 0.3) is 0 Å². The highest BCUT2D eigenvalue weighted by molar-refractivity contribution is 7.09. The predicted molar refractivity (Wildman–Crippen MR) is 61.8 cm³/mol. The van der Waals surface area contributed by atoms with E-state index in [0.29, 0.717) is 5.92 Å². The molecular weight excluding hydrogens is 226 g/mol. The smallest absolute Gasteiger partial charge is 0.303 e. The summed E-state index contributed by atoms with van der Waals surface area (Å²) < 4.78 is 4.16. The molecule has 0 amide bonds. The van der Waals surface area contributed by atoms with Gasteiger partial charge in [0.2, 0.25) is 5.13 Å². The zero-order valence-electron chi connectivity index (χ0n) is 9.22. The van der Waals surface area contributed by atoms with Crippen LogP contribution in [0.2, 0.25) is 0 Å². The molecule has 5 nitrogen and oxygen atoms in total. The zero-order valence-corrected chi connectivity index (χ0v) is 10.0. The lowest BCUT2D eigenvalue weighted by Crippen LogP contribution is -2.19. The van der Waals surface area contributed by atoms with Crippen LogP contribution in [0.3, 0.4) is 0 Å². The molecule has 1 unspecified atom stereocenters. The molecule has 1 atom stereocenters. The minimum absolute atomic E-state index is 0.271. The Kier molecular flexibility index (Phi) is 3.38. The quantitative estimate of drug-likeness (QED) is 0.866. The number of hydrogen-bond donors (Lipinski definition) is 1. The largest absolute Gasteiger partial charge is 0.481 e. The highest BCUT2D eigenvalue weighted by Crippen LogP contribution is 2.27. The first-order chi connectivity index (χ1) is 7.65. The Morgan fingerprint density at radius 1 is 1.69 bits per heavy atom. The van der Waals surface area contributed by atoms with Crippen LogP contribution in [0.25, 0.3) is 0 Å². The summed E-state index contributed by atoms with van der Waals surface area (Å²) in [5.74, 6) is 0.597. The predicted octanol–water partition coefficient (Wildman–Crippen LogP) is 1.54. The summed E-state index contributed by atoms with van der Waals surface area (Å²) in [7, 11) is 0. The van der Waals surface area contributed by atoms with E-state index in [9.17, 15) is 4.79 Å². The van der Waals surface area contributed by atoms with Crippen molar-refractivity contribution < 1.29 is 9.90 Å². The van der Waals surface area contributed by atoms with E-state index in [4.69, 9.17) is 5.11 Å². The van der Waals surface area contributed by atoms with Crippen molar-refractivity contribution in [2.75, 3.05) is 18.0 Å². The molecule has 2 heterocycles. The average molecular weight is 241 g/mol. The highest BCUT2D eigenvalue weighted by atomic mass is 32.1. The van der Waals surface area contributed by atoms with Crippen molar-refractivity contribution in [1.29, 1.82) is 0 Å². The lowest BCUT2D eigenvalue weighted by atomic mass is 10.0. The van der Waals surface area contributed by atoms with Gasteiger partial charge in [0.15, 0.2) is 0 Å². The third-order valence-electron chi connectivity index (χ3n) is 2.84. The molecule has 88 valence electrons. The maximum absolute atomic E-state index is 10.5. The second-order valence-electron chi connectivity index (χ2n) is 4.16. The van der Waals surface area contributed by atoms with E-state index in [1.165, 1.54) is 11.5 Å². The Labute approximate surface area is 98.3 Å². The van der Waals surface area contributed by atoms with Gasteiger partial charge >= 0.3 is 5.97 Å². The van der Waals surface area contributed by atoms with Crippen molar-refractivity contribution in [1.82, 2.24) is 9.36 Å². The highest BCUT2D eigenvalue weighted by Gasteiger charge is 2.24. The van der Waals surface area contributed by atoms with Crippen LogP contribution in [0.15, 0.2) is 0 Å². The number of aliphatic carboxylic acids is 1. The number of carboxylic acids is 1. The molecule has 0 spiro atoms. The lowest BCUT2D eigenvalue weighted by molar-refractivity contribution is -0.137. The first kappa shape index (κ1) is 11.3. The van der Waals surface area contributed by atoms with E-state index in [2.05, 4.69) is 14.3 Å². The topological polar surface area (TPSA) is 66.3 Å². The Morgan fingerprint density at radius 2 is 2.50 bits per heavy atom. The van der Waals surface area contributed by atoms with E-state index < -0.39 is 5.97 Å². The van der Waals surface area contributed by atoms with E-state index in [0.717, 1.165) is 36.9 Å². The molecule has 0 radical (unpaired) electrons. The van der Waals surface area contributed by atoms with Gasteiger partial charge in [-0.05, 0) is 25.7 Å². The molecule has 0 aromatic carbocycles. The fourth-order valence-corrected chi connectivity index (χ4v) is 2.69. The minimum Gasteiger partial charge on any atom is -0.481 e. The van der Waals surface area contributed by atoms with Gasteiger partial charge in [-0.3, -0.25) is 4.79 Å². The standard InChI is InChI=1S/C10H15N3O2S/c1-7-11-10(16-12-7)13-5-4-8(6-13)2-3-9(14)15/h8H,2-6H2,1H3,(H,14,15). The first-order valence-corrected chi connectivity index (χ1v) is 6.19. The molecular formula is C10H15N3O2S. The first-order valence-electron chi connectivity index (χ1n) is 5.42. The summed E-state index contributed by atoms with van der Waals surface area (Å²) in [6.07, 6.45) is 2.10. The fourth-order valence-electron chi connectivity index (χ4n) is 1.98. The third kappa shape index (κ3) is 2.69. The normalized spacial score (nSPS) is 20.3. The molecule has 1 fully saturated rings. The van der Waals surface area contributed by atoms with Crippen LogP contribution in [-0.4, -0.2) is 33.5 Å². The van der Waals surface area contributed by atoms with Crippen molar-refractivity contribution >= 4 is 22.6 Å². The van der Waals surface area contributed by atoms with Crippen molar-refractivity contribution in [3.8, 4) is 0 Å². The van der Waals surface area contributed by atoms with Crippen LogP contribution < -0.4 is 4.90 Å². The molecule has 1 aliphatic rings. The van der Waals surface area contributed by atoms with Gasteiger partial charge in [-0.25, -0.2) is 4.98 Å². The van der Waals surface area contributed by atoms with Crippen LogP contribution in [0.1, 0.15) is 25.1 Å². The van der Waals surface area contributed by atoms with Crippen molar-refractivity contribution in [3.05, 3.63) is 5.82 Å². The number of nitrogens with zero attached hydrogens (tertiary/aromatic N) is 3. The van der Waals surface area contributed by atoms with Gasteiger partial charge in [-0.1, -0.05) is 0 Å². The molecule has 0 bridgehead atoms. The number of rotatable bonds is 4. The summed E-state index contributed by atoms with van der Waals surface area (Å²) in [5.41, 5.74) is 0. The SMILES string of the molecule is Cc1nsc(N2CCC(CCC(=O)O)C2)n1. The zero-order chi connectivity index (χ0) is 11.5. The molecule has 1 N–H and O–H groups in total. The molecule has 0 aliphatic carbocycles. The summed E-state index contributed by atoms with van der Waals surface area (Å²) in [6.45, 7) is 3.78. The molecule has 1 aromatic rings. The number of carboxylic acid groups (broad SMARTS) is 1. The van der Waals surface area contributed by atoms with Gasteiger partial charge in [-0.15, -0.1) is 0 Å². The summed E-state index contributed by atoms with van der Waals surface area (Å²) in [5, 5.41) is 9.59. The molecule has 0 saturated carbocycles. The maximum Gasteiger partial charge on any atom is 0.303 e. The van der Waals surface area contributed by atoms with Gasteiger partial charge in [0, 0.05) is 31.0 Å². The number of carbonyl (C=O) groups is 1. The number of aromatic nitrogens is 2. The van der Waals surface area contributed by atoms with Gasteiger partial charge in [0.1, 0.15) is 5.82 Å². The Hall–Kier alpha value is -1.17. The molecule has 1 aromatic heterocycles. The Balaban J connectivity index is 1.86. The van der Waals surface area contributed by atoms with Gasteiger partial charge < -0.3 is 10.0 Å². The van der Waals surface area contributed by atoms with Crippen molar-refractivity contribution in [2.24, 2.45) is 5.92 Å².